The lowest BCUT2D eigenvalue weighted by molar-refractivity contribution is 0.0390. The van der Waals surface area contributed by atoms with Crippen LogP contribution in [0.3, 0.4) is 0 Å². The minimum atomic E-state index is -0.619. The number of nitrogens with two attached hydrogens (primary N) is 1. The van der Waals surface area contributed by atoms with Crippen LogP contribution in [0.1, 0.15) is 23.7 Å². The largest absolute Gasteiger partial charge is 0.449 e. The molecule has 1 aromatic carbocycles. The Morgan fingerprint density at radius 1 is 1.32 bits per heavy atom. The number of halogens is 1. The van der Waals surface area contributed by atoms with Gasteiger partial charge in [0, 0.05) is 35.6 Å². The van der Waals surface area contributed by atoms with E-state index in [4.69, 9.17) is 22.1 Å². The summed E-state index contributed by atoms with van der Waals surface area (Å²) in [4.78, 5) is 37.2. The van der Waals surface area contributed by atoms with Gasteiger partial charge in [0.25, 0.3) is 5.91 Å². The van der Waals surface area contributed by atoms with Crippen molar-refractivity contribution >= 4 is 45.8 Å². The SMILES string of the molecule is CCCOC(=O)N1CCN(C(=O)c2ccc3c(Cl)cc(-c4nccs4)nc3c2)C[C@H]1N. The Morgan fingerprint density at radius 3 is 2.87 bits per heavy atom. The second-order valence-electron chi connectivity index (χ2n) is 7.18. The number of thiazole rings is 1. The van der Waals surface area contributed by atoms with Crippen LogP contribution < -0.4 is 5.73 Å². The smallest absolute Gasteiger partial charge is 0.411 e. The molecule has 2 amide bonds. The lowest BCUT2D eigenvalue weighted by Gasteiger charge is -2.38. The minimum Gasteiger partial charge on any atom is -0.449 e. The van der Waals surface area contributed by atoms with Crippen molar-refractivity contribution in [3.05, 3.63) is 46.4 Å². The first-order valence-corrected chi connectivity index (χ1v) is 11.2. The Labute approximate surface area is 188 Å². The molecule has 3 heterocycles. The number of hydrogen-bond acceptors (Lipinski definition) is 7. The van der Waals surface area contributed by atoms with Gasteiger partial charge < -0.3 is 15.4 Å². The fraction of sp³-hybridized carbons (Fsp3) is 0.333. The summed E-state index contributed by atoms with van der Waals surface area (Å²) in [6.45, 7) is 3.20. The molecule has 31 heavy (non-hydrogen) atoms. The predicted octanol–water partition coefficient (Wildman–Crippen LogP) is 3.60. The average Bonchev–Trinajstić information content (AvgIpc) is 3.31. The summed E-state index contributed by atoms with van der Waals surface area (Å²) >= 11 is 7.91. The maximum absolute atomic E-state index is 13.1. The molecule has 0 saturated carbocycles. The first-order chi connectivity index (χ1) is 15.0. The van der Waals surface area contributed by atoms with E-state index < -0.39 is 12.3 Å². The fourth-order valence-electron chi connectivity index (χ4n) is 3.45. The van der Waals surface area contributed by atoms with Crippen molar-refractivity contribution in [3.63, 3.8) is 0 Å². The summed E-state index contributed by atoms with van der Waals surface area (Å²) in [5, 5.41) is 3.95. The molecule has 0 bridgehead atoms. The van der Waals surface area contributed by atoms with Crippen molar-refractivity contribution in [2.24, 2.45) is 5.73 Å². The normalized spacial score (nSPS) is 16.5. The van der Waals surface area contributed by atoms with Crippen molar-refractivity contribution in [2.45, 2.75) is 19.5 Å². The van der Waals surface area contributed by atoms with Crippen LogP contribution in [-0.4, -0.2) is 64.2 Å². The van der Waals surface area contributed by atoms with Gasteiger partial charge in [-0.15, -0.1) is 11.3 Å². The van der Waals surface area contributed by atoms with E-state index in [2.05, 4.69) is 9.97 Å². The molecule has 8 nitrogen and oxygen atoms in total. The number of ether oxygens (including phenoxy) is 1. The molecule has 1 fully saturated rings. The standard InChI is InChI=1S/C21H22ClN5O3S/c1-2-8-30-21(29)27-7-6-26(12-18(27)23)20(28)13-3-4-14-15(22)11-17(25-16(14)10-13)19-24-5-9-31-19/h3-5,9-11,18H,2,6-8,12,23H2,1H3/t18-/m0/s1. The number of nitrogens with zero attached hydrogens (tertiary/aromatic N) is 4. The van der Waals surface area contributed by atoms with Crippen LogP contribution in [0.2, 0.25) is 5.02 Å². The first-order valence-electron chi connectivity index (χ1n) is 9.96. The molecule has 2 aromatic heterocycles. The van der Waals surface area contributed by atoms with Gasteiger partial charge in [0.15, 0.2) is 0 Å². The highest BCUT2D eigenvalue weighted by molar-refractivity contribution is 7.13. The molecule has 1 saturated heterocycles. The van der Waals surface area contributed by atoms with E-state index in [1.165, 1.54) is 16.2 Å². The van der Waals surface area contributed by atoms with Gasteiger partial charge in [-0.05, 0) is 24.6 Å². The van der Waals surface area contributed by atoms with E-state index in [1.807, 2.05) is 12.3 Å². The van der Waals surface area contributed by atoms with Crippen LogP contribution in [0, 0.1) is 0 Å². The number of carbonyl (C=O) groups excluding carboxylic acids is 2. The van der Waals surface area contributed by atoms with E-state index in [9.17, 15) is 9.59 Å². The zero-order valence-corrected chi connectivity index (χ0v) is 18.5. The third kappa shape index (κ3) is 4.48. The number of carbonyl (C=O) groups is 2. The molecule has 3 aromatic rings. The van der Waals surface area contributed by atoms with E-state index in [0.29, 0.717) is 41.5 Å². The van der Waals surface area contributed by atoms with Gasteiger partial charge in [-0.3, -0.25) is 9.69 Å². The van der Waals surface area contributed by atoms with Gasteiger partial charge in [-0.25, -0.2) is 14.8 Å². The van der Waals surface area contributed by atoms with Crippen molar-refractivity contribution in [3.8, 4) is 10.7 Å². The van der Waals surface area contributed by atoms with E-state index in [-0.39, 0.29) is 12.5 Å². The number of amides is 2. The van der Waals surface area contributed by atoms with Crippen LogP contribution in [0.25, 0.3) is 21.6 Å². The number of aromatic nitrogens is 2. The maximum atomic E-state index is 13.1. The van der Waals surface area contributed by atoms with Gasteiger partial charge in [-0.1, -0.05) is 24.6 Å². The Hall–Kier alpha value is -2.75. The van der Waals surface area contributed by atoms with Gasteiger partial charge in [0.1, 0.15) is 16.9 Å². The molecule has 1 atom stereocenters. The van der Waals surface area contributed by atoms with Crippen molar-refractivity contribution in [2.75, 3.05) is 26.2 Å². The van der Waals surface area contributed by atoms with Crippen LogP contribution >= 0.6 is 22.9 Å². The van der Waals surface area contributed by atoms with Crippen molar-refractivity contribution in [1.82, 2.24) is 19.8 Å². The number of benzene rings is 1. The Balaban J connectivity index is 1.53. The van der Waals surface area contributed by atoms with Crippen LogP contribution in [-0.2, 0) is 4.74 Å². The highest BCUT2D eigenvalue weighted by atomic mass is 35.5. The van der Waals surface area contributed by atoms with Gasteiger partial charge in [0.2, 0.25) is 0 Å². The summed E-state index contributed by atoms with van der Waals surface area (Å²) in [6, 6.07) is 7.03. The summed E-state index contributed by atoms with van der Waals surface area (Å²) in [7, 11) is 0. The van der Waals surface area contributed by atoms with Crippen LogP contribution in [0.5, 0.6) is 0 Å². The number of pyridine rings is 1. The summed E-state index contributed by atoms with van der Waals surface area (Å²) in [5.41, 5.74) is 7.91. The molecule has 0 unspecified atom stereocenters. The molecule has 4 rings (SSSR count). The Morgan fingerprint density at radius 2 is 2.16 bits per heavy atom. The number of piperazine rings is 1. The third-order valence-corrected chi connectivity index (χ3v) is 6.14. The zero-order valence-electron chi connectivity index (χ0n) is 17.0. The molecule has 162 valence electrons. The zero-order chi connectivity index (χ0) is 22.0. The van der Waals surface area contributed by atoms with Crippen molar-refractivity contribution < 1.29 is 14.3 Å². The molecule has 0 spiro atoms. The molecule has 1 aliphatic rings. The monoisotopic (exact) mass is 459 g/mol. The highest BCUT2D eigenvalue weighted by Gasteiger charge is 2.31. The number of rotatable bonds is 4. The highest BCUT2D eigenvalue weighted by Crippen LogP contribution is 2.30. The molecule has 0 aliphatic carbocycles. The molecule has 0 radical (unpaired) electrons. The Kier molecular flexibility index (Phi) is 6.35. The van der Waals surface area contributed by atoms with Crippen LogP contribution in [0.4, 0.5) is 4.79 Å². The van der Waals surface area contributed by atoms with E-state index in [0.717, 1.165) is 16.8 Å². The van der Waals surface area contributed by atoms with Gasteiger partial charge >= 0.3 is 6.09 Å². The van der Waals surface area contributed by atoms with Crippen LogP contribution in [0.15, 0.2) is 35.8 Å². The summed E-state index contributed by atoms with van der Waals surface area (Å²) < 4.78 is 5.16. The molecular weight excluding hydrogens is 438 g/mol. The van der Waals surface area contributed by atoms with Gasteiger partial charge in [-0.2, -0.15) is 0 Å². The lowest BCUT2D eigenvalue weighted by Crippen LogP contribution is -2.60. The summed E-state index contributed by atoms with van der Waals surface area (Å²) in [5.74, 6) is -0.170. The number of fused-ring (bicyclic) bond motifs is 1. The Bertz CT molecular complexity index is 1110. The van der Waals surface area contributed by atoms with E-state index in [1.54, 1.807) is 35.4 Å². The minimum absolute atomic E-state index is 0.170. The average molecular weight is 460 g/mol. The fourth-order valence-corrected chi connectivity index (χ4v) is 4.32. The molecular formula is C21H22ClN5O3S. The van der Waals surface area contributed by atoms with Crippen molar-refractivity contribution in [1.29, 1.82) is 0 Å². The second-order valence-corrected chi connectivity index (χ2v) is 8.49. The van der Waals surface area contributed by atoms with E-state index >= 15 is 0 Å². The maximum Gasteiger partial charge on any atom is 0.411 e. The predicted molar refractivity (Wildman–Crippen MR) is 120 cm³/mol. The third-order valence-electron chi connectivity index (χ3n) is 5.03. The van der Waals surface area contributed by atoms with Gasteiger partial charge in [0.05, 0.1) is 23.7 Å². The first kappa shape index (κ1) is 21.5. The molecule has 1 aliphatic heterocycles. The quantitative estimate of drug-likeness (QED) is 0.639. The topological polar surface area (TPSA) is 102 Å². The summed E-state index contributed by atoms with van der Waals surface area (Å²) in [6.07, 6.45) is 1.39. The second kappa shape index (κ2) is 9.17. The molecule has 10 heteroatoms. The molecule has 2 N–H and O–H groups in total. The number of hydrogen-bond donors (Lipinski definition) is 1. The lowest BCUT2D eigenvalue weighted by atomic mass is 10.1.